The number of hydrazine groups is 1. The average molecular weight is 260 g/mol. The molecule has 4 nitrogen and oxygen atoms in total. The first-order valence-corrected chi connectivity index (χ1v) is 7.07. The number of hydrogen-bond acceptors (Lipinski definition) is 3. The highest BCUT2D eigenvalue weighted by atomic mass is 15.3. The van der Waals surface area contributed by atoms with Gasteiger partial charge in [0.1, 0.15) is 0 Å². The van der Waals surface area contributed by atoms with Gasteiger partial charge in [0.15, 0.2) is 0 Å². The predicted octanol–water partition coefficient (Wildman–Crippen LogP) is 2.38. The van der Waals surface area contributed by atoms with Gasteiger partial charge in [-0.05, 0) is 12.0 Å². The Balaban J connectivity index is 2.29. The van der Waals surface area contributed by atoms with E-state index in [0.29, 0.717) is 5.92 Å². The van der Waals surface area contributed by atoms with Crippen LogP contribution in [-0.4, -0.2) is 15.8 Å². The summed E-state index contributed by atoms with van der Waals surface area (Å²) in [5, 5.41) is 5.88. The molecule has 1 aromatic heterocycles. The summed E-state index contributed by atoms with van der Waals surface area (Å²) in [5.41, 5.74) is 5.29. The Bertz CT molecular complexity index is 528. The predicted molar refractivity (Wildman–Crippen MR) is 79.6 cm³/mol. The molecule has 1 aromatic carbocycles. The molecule has 0 bridgehead atoms. The highest BCUT2D eigenvalue weighted by Gasteiger charge is 2.20. The van der Waals surface area contributed by atoms with E-state index in [-0.39, 0.29) is 6.04 Å². The third-order valence-corrected chi connectivity index (χ3v) is 4.08. The second kappa shape index (κ2) is 6.17. The number of nitrogens with zero attached hydrogens (tertiary/aromatic N) is 2. The molecule has 0 aliphatic rings. The maximum Gasteiger partial charge on any atom is 0.0719 e. The zero-order chi connectivity index (χ0) is 13.8. The summed E-state index contributed by atoms with van der Waals surface area (Å²) < 4.78 is 1.95. The monoisotopic (exact) mass is 260 g/mol. The van der Waals surface area contributed by atoms with Gasteiger partial charge < -0.3 is 0 Å². The van der Waals surface area contributed by atoms with Crippen molar-refractivity contribution in [1.29, 1.82) is 0 Å². The van der Waals surface area contributed by atoms with E-state index in [4.69, 9.17) is 5.84 Å². The van der Waals surface area contributed by atoms with Crippen LogP contribution in [0.4, 0.5) is 0 Å². The van der Waals surface area contributed by atoms with Crippen molar-refractivity contribution in [3.63, 3.8) is 0 Å². The maximum atomic E-state index is 5.74. The van der Waals surface area contributed by atoms with E-state index in [1.807, 2.05) is 17.8 Å². The lowest BCUT2D eigenvalue weighted by molar-refractivity contribution is 0.333. The second-order valence-electron chi connectivity index (χ2n) is 5.14. The average Bonchev–Trinajstić information content (AvgIpc) is 2.76. The minimum absolute atomic E-state index is 0.285. The Morgan fingerprint density at radius 1 is 1.26 bits per heavy atom. The summed E-state index contributed by atoms with van der Waals surface area (Å²) in [5.74, 6) is 6.33. The van der Waals surface area contributed by atoms with Crippen molar-refractivity contribution in [3.8, 4) is 0 Å². The summed E-state index contributed by atoms with van der Waals surface area (Å²) in [6.07, 6.45) is 3.15. The van der Waals surface area contributed by atoms with Gasteiger partial charge in [0, 0.05) is 24.9 Å². The van der Waals surface area contributed by atoms with Crippen molar-refractivity contribution in [3.05, 3.63) is 30.0 Å². The molecule has 1 heterocycles. The van der Waals surface area contributed by atoms with Crippen molar-refractivity contribution in [2.45, 2.75) is 39.2 Å². The van der Waals surface area contributed by atoms with E-state index in [0.717, 1.165) is 25.0 Å². The SMILES string of the molecule is CCC(CC)C(Cc1nn(C)c2ccccc12)NN. The Morgan fingerprint density at radius 2 is 1.95 bits per heavy atom. The molecular formula is C15H24N4. The highest BCUT2D eigenvalue weighted by Crippen LogP contribution is 2.22. The molecule has 3 N–H and O–H groups in total. The van der Waals surface area contributed by atoms with Crippen LogP contribution in [0, 0.1) is 5.92 Å². The number of benzene rings is 1. The number of aromatic nitrogens is 2. The Hall–Kier alpha value is -1.39. The van der Waals surface area contributed by atoms with Crippen LogP contribution >= 0.6 is 0 Å². The number of rotatable bonds is 6. The van der Waals surface area contributed by atoms with Crippen LogP contribution in [0.25, 0.3) is 10.9 Å². The largest absolute Gasteiger partial charge is 0.271 e. The lowest BCUT2D eigenvalue weighted by Crippen LogP contribution is -2.42. The standard InChI is InChI=1S/C15H24N4/c1-4-11(5-2)13(17-16)10-14-12-8-6-7-9-15(12)19(3)18-14/h6-9,11,13,17H,4-5,10,16H2,1-3H3. The van der Waals surface area contributed by atoms with Crippen molar-refractivity contribution in [2.24, 2.45) is 18.8 Å². The summed E-state index contributed by atoms with van der Waals surface area (Å²) >= 11 is 0. The normalized spacial score (nSPS) is 13.3. The molecule has 0 amide bonds. The number of fused-ring (bicyclic) bond motifs is 1. The smallest absolute Gasteiger partial charge is 0.0719 e. The summed E-state index contributed by atoms with van der Waals surface area (Å²) in [4.78, 5) is 0. The van der Waals surface area contributed by atoms with Gasteiger partial charge in [-0.3, -0.25) is 16.0 Å². The Kier molecular flexibility index (Phi) is 4.56. The van der Waals surface area contributed by atoms with E-state index in [1.54, 1.807) is 0 Å². The summed E-state index contributed by atoms with van der Waals surface area (Å²) in [6, 6.07) is 8.64. The third kappa shape index (κ3) is 2.80. The van der Waals surface area contributed by atoms with Crippen molar-refractivity contribution in [1.82, 2.24) is 15.2 Å². The van der Waals surface area contributed by atoms with Gasteiger partial charge in [0.05, 0.1) is 11.2 Å². The van der Waals surface area contributed by atoms with Crippen LogP contribution in [-0.2, 0) is 13.5 Å². The van der Waals surface area contributed by atoms with Crippen LogP contribution in [0.2, 0.25) is 0 Å². The van der Waals surface area contributed by atoms with Gasteiger partial charge in [-0.1, -0.05) is 44.9 Å². The number of para-hydroxylation sites is 1. The highest BCUT2D eigenvalue weighted by molar-refractivity contribution is 5.81. The van der Waals surface area contributed by atoms with Gasteiger partial charge >= 0.3 is 0 Å². The number of nitrogens with two attached hydrogens (primary N) is 1. The second-order valence-corrected chi connectivity index (χ2v) is 5.14. The molecule has 2 rings (SSSR count). The molecule has 4 heteroatoms. The number of aryl methyl sites for hydroxylation is 1. The number of nitrogens with one attached hydrogen (secondary N) is 1. The third-order valence-electron chi connectivity index (χ3n) is 4.08. The minimum Gasteiger partial charge on any atom is -0.271 e. The Labute approximate surface area is 114 Å². The molecule has 104 valence electrons. The van der Waals surface area contributed by atoms with E-state index >= 15 is 0 Å². The van der Waals surface area contributed by atoms with E-state index < -0.39 is 0 Å². The zero-order valence-electron chi connectivity index (χ0n) is 12.1. The molecule has 19 heavy (non-hydrogen) atoms. The van der Waals surface area contributed by atoms with Gasteiger partial charge in [-0.25, -0.2) is 0 Å². The first-order chi connectivity index (χ1) is 9.21. The fourth-order valence-corrected chi connectivity index (χ4v) is 2.87. The van der Waals surface area contributed by atoms with E-state index in [9.17, 15) is 0 Å². The number of hydrogen-bond donors (Lipinski definition) is 2. The topological polar surface area (TPSA) is 55.9 Å². The van der Waals surface area contributed by atoms with Crippen LogP contribution < -0.4 is 11.3 Å². The minimum atomic E-state index is 0.285. The molecule has 0 radical (unpaired) electrons. The molecule has 2 aromatic rings. The van der Waals surface area contributed by atoms with Crippen LogP contribution in [0.3, 0.4) is 0 Å². The van der Waals surface area contributed by atoms with E-state index in [2.05, 4.69) is 42.6 Å². The summed E-state index contributed by atoms with van der Waals surface area (Å²) in [7, 11) is 1.99. The molecule has 1 unspecified atom stereocenters. The summed E-state index contributed by atoms with van der Waals surface area (Å²) in [6.45, 7) is 4.43. The molecule has 0 aliphatic carbocycles. The van der Waals surface area contributed by atoms with Gasteiger partial charge in [0.25, 0.3) is 0 Å². The molecule has 0 saturated carbocycles. The van der Waals surface area contributed by atoms with E-state index in [1.165, 1.54) is 10.9 Å². The molecular weight excluding hydrogens is 236 g/mol. The van der Waals surface area contributed by atoms with Crippen LogP contribution in [0.5, 0.6) is 0 Å². The van der Waals surface area contributed by atoms with Crippen molar-refractivity contribution >= 4 is 10.9 Å². The van der Waals surface area contributed by atoms with Crippen LogP contribution in [0.15, 0.2) is 24.3 Å². The lowest BCUT2D eigenvalue weighted by atomic mass is 9.91. The molecule has 0 aliphatic heterocycles. The zero-order valence-corrected chi connectivity index (χ0v) is 12.1. The van der Waals surface area contributed by atoms with Gasteiger partial charge in [-0.15, -0.1) is 0 Å². The molecule has 0 fully saturated rings. The quantitative estimate of drug-likeness (QED) is 0.619. The van der Waals surface area contributed by atoms with Gasteiger partial charge in [-0.2, -0.15) is 5.10 Å². The lowest BCUT2D eigenvalue weighted by Gasteiger charge is -2.23. The van der Waals surface area contributed by atoms with Crippen LogP contribution in [0.1, 0.15) is 32.4 Å². The van der Waals surface area contributed by atoms with Crippen molar-refractivity contribution < 1.29 is 0 Å². The first-order valence-electron chi connectivity index (χ1n) is 7.07. The fourth-order valence-electron chi connectivity index (χ4n) is 2.87. The molecule has 0 saturated heterocycles. The fraction of sp³-hybridized carbons (Fsp3) is 0.533. The first kappa shape index (κ1) is 14.0. The van der Waals surface area contributed by atoms with Crippen molar-refractivity contribution in [2.75, 3.05) is 0 Å². The van der Waals surface area contributed by atoms with Gasteiger partial charge in [0.2, 0.25) is 0 Å². The maximum absolute atomic E-state index is 5.74. The molecule has 1 atom stereocenters. The molecule has 0 spiro atoms. The Morgan fingerprint density at radius 3 is 2.58 bits per heavy atom.